The summed E-state index contributed by atoms with van der Waals surface area (Å²) in [6.07, 6.45) is -2.35. The second kappa shape index (κ2) is 5.36. The summed E-state index contributed by atoms with van der Waals surface area (Å²) in [5.74, 6) is -0.763. The molecule has 0 atom stereocenters. The van der Waals surface area contributed by atoms with E-state index in [4.69, 9.17) is 0 Å². The number of nitrogens with one attached hydrogen (secondary N) is 1. The fourth-order valence-electron chi connectivity index (χ4n) is 1.91. The van der Waals surface area contributed by atoms with Gasteiger partial charge >= 0.3 is 6.18 Å². The van der Waals surface area contributed by atoms with Crippen molar-refractivity contribution in [1.29, 1.82) is 0 Å². The van der Waals surface area contributed by atoms with E-state index in [1.807, 2.05) is 0 Å². The number of para-hydroxylation sites is 1. The number of carbonyl (C=O) groups is 2. The van der Waals surface area contributed by atoms with Gasteiger partial charge in [0.2, 0.25) is 5.91 Å². The third-order valence-corrected chi connectivity index (χ3v) is 2.75. The fourth-order valence-corrected chi connectivity index (χ4v) is 1.91. The van der Waals surface area contributed by atoms with Crippen molar-refractivity contribution in [2.75, 3.05) is 6.54 Å². The predicted molar refractivity (Wildman–Crippen MR) is 66.4 cm³/mol. The summed E-state index contributed by atoms with van der Waals surface area (Å²) in [4.78, 5) is 22.4. The summed E-state index contributed by atoms with van der Waals surface area (Å²) < 4.78 is 37.4. The number of hydrogen-bond donors (Lipinski definition) is 1. The van der Waals surface area contributed by atoms with Crippen LogP contribution in [0.25, 0.3) is 10.9 Å². The molecule has 1 amide bonds. The highest BCUT2D eigenvalue weighted by Gasteiger charge is 2.27. The normalized spacial score (nSPS) is 11.6. The van der Waals surface area contributed by atoms with E-state index in [1.165, 1.54) is 10.8 Å². The van der Waals surface area contributed by atoms with Gasteiger partial charge in [0.25, 0.3) is 0 Å². The molecular weight excluding hydrogens is 273 g/mol. The van der Waals surface area contributed by atoms with E-state index in [0.29, 0.717) is 22.8 Å². The van der Waals surface area contributed by atoms with Crippen molar-refractivity contribution < 1.29 is 22.8 Å². The molecule has 1 heterocycles. The summed E-state index contributed by atoms with van der Waals surface area (Å²) in [7, 11) is 0. The van der Waals surface area contributed by atoms with Crippen LogP contribution in [0.5, 0.6) is 0 Å². The highest BCUT2D eigenvalue weighted by molar-refractivity contribution is 5.98. The van der Waals surface area contributed by atoms with E-state index >= 15 is 0 Å². The maximum Gasteiger partial charge on any atom is 0.405 e. The molecule has 0 aliphatic carbocycles. The zero-order valence-corrected chi connectivity index (χ0v) is 10.3. The van der Waals surface area contributed by atoms with Gasteiger partial charge in [-0.2, -0.15) is 13.2 Å². The van der Waals surface area contributed by atoms with Crippen LogP contribution in [-0.4, -0.2) is 29.5 Å². The Morgan fingerprint density at radius 3 is 2.65 bits per heavy atom. The number of halogens is 3. The highest BCUT2D eigenvalue weighted by atomic mass is 19.4. The van der Waals surface area contributed by atoms with Crippen LogP contribution in [0.1, 0.15) is 10.4 Å². The first-order chi connectivity index (χ1) is 9.40. The quantitative estimate of drug-likeness (QED) is 0.874. The second-order valence-electron chi connectivity index (χ2n) is 4.24. The number of aldehydes is 1. The Hall–Kier alpha value is -2.31. The van der Waals surface area contributed by atoms with Crippen LogP contribution in [0.3, 0.4) is 0 Å². The Balaban J connectivity index is 2.17. The van der Waals surface area contributed by atoms with Gasteiger partial charge in [-0.25, -0.2) is 0 Å². The number of hydrogen-bond acceptors (Lipinski definition) is 2. The molecular formula is C13H11F3N2O2. The van der Waals surface area contributed by atoms with Crippen LogP contribution in [0.2, 0.25) is 0 Å². The van der Waals surface area contributed by atoms with Crippen LogP contribution >= 0.6 is 0 Å². The lowest BCUT2D eigenvalue weighted by molar-refractivity contribution is -0.138. The van der Waals surface area contributed by atoms with Crippen molar-refractivity contribution in [3.05, 3.63) is 36.0 Å². The van der Waals surface area contributed by atoms with Crippen LogP contribution < -0.4 is 5.32 Å². The first kappa shape index (κ1) is 14.1. The standard InChI is InChI=1S/C13H11F3N2O2/c14-13(15,16)8-17-12(20)6-18-5-9(7-19)10-3-1-2-4-11(10)18/h1-5,7H,6,8H2,(H,17,20). The Labute approximate surface area is 112 Å². The van der Waals surface area contributed by atoms with Crippen LogP contribution in [0.4, 0.5) is 13.2 Å². The minimum Gasteiger partial charge on any atom is -0.345 e. The minimum absolute atomic E-state index is 0.273. The Morgan fingerprint density at radius 1 is 1.30 bits per heavy atom. The van der Waals surface area contributed by atoms with Crippen molar-refractivity contribution in [3.8, 4) is 0 Å². The van der Waals surface area contributed by atoms with E-state index in [1.54, 1.807) is 29.6 Å². The van der Waals surface area contributed by atoms with Gasteiger partial charge in [-0.15, -0.1) is 0 Å². The number of nitrogens with zero attached hydrogens (tertiary/aromatic N) is 1. The molecule has 0 unspecified atom stereocenters. The molecule has 1 N–H and O–H groups in total. The third kappa shape index (κ3) is 3.17. The molecule has 0 spiro atoms. The average molecular weight is 284 g/mol. The van der Waals surface area contributed by atoms with Crippen molar-refractivity contribution in [2.24, 2.45) is 0 Å². The minimum atomic E-state index is -4.44. The van der Waals surface area contributed by atoms with Gasteiger partial charge in [0, 0.05) is 22.7 Å². The van der Waals surface area contributed by atoms with Crippen molar-refractivity contribution in [3.63, 3.8) is 0 Å². The SMILES string of the molecule is O=Cc1cn(CC(=O)NCC(F)(F)F)c2ccccc12. The van der Waals surface area contributed by atoms with Gasteiger partial charge in [-0.3, -0.25) is 9.59 Å². The molecule has 0 fully saturated rings. The molecule has 0 aliphatic rings. The summed E-state index contributed by atoms with van der Waals surface area (Å²) in [6, 6.07) is 6.87. The van der Waals surface area contributed by atoms with E-state index in [9.17, 15) is 22.8 Å². The van der Waals surface area contributed by atoms with Crippen molar-refractivity contribution >= 4 is 23.1 Å². The Morgan fingerprint density at radius 2 is 2.00 bits per heavy atom. The topological polar surface area (TPSA) is 51.1 Å². The third-order valence-electron chi connectivity index (χ3n) is 2.75. The molecule has 0 bridgehead atoms. The van der Waals surface area contributed by atoms with Crippen molar-refractivity contribution in [2.45, 2.75) is 12.7 Å². The molecule has 0 saturated carbocycles. The van der Waals surface area contributed by atoms with Crippen molar-refractivity contribution in [1.82, 2.24) is 9.88 Å². The van der Waals surface area contributed by atoms with E-state index in [0.717, 1.165) is 0 Å². The van der Waals surface area contributed by atoms with Gasteiger partial charge in [0.1, 0.15) is 13.1 Å². The second-order valence-corrected chi connectivity index (χ2v) is 4.24. The predicted octanol–water partition coefficient (Wildman–Crippen LogP) is 2.13. The zero-order valence-electron chi connectivity index (χ0n) is 10.3. The average Bonchev–Trinajstić information content (AvgIpc) is 2.74. The molecule has 20 heavy (non-hydrogen) atoms. The van der Waals surface area contributed by atoms with Gasteiger partial charge in [0.15, 0.2) is 6.29 Å². The number of benzene rings is 1. The van der Waals surface area contributed by atoms with E-state index in [-0.39, 0.29) is 6.54 Å². The van der Waals surface area contributed by atoms with Gasteiger partial charge in [-0.05, 0) is 6.07 Å². The molecule has 1 aromatic carbocycles. The van der Waals surface area contributed by atoms with Gasteiger partial charge in [-0.1, -0.05) is 18.2 Å². The summed E-state index contributed by atoms with van der Waals surface area (Å²) in [5.41, 5.74) is 1.01. The molecule has 1 aromatic heterocycles. The van der Waals surface area contributed by atoms with Crippen LogP contribution in [0.15, 0.2) is 30.5 Å². The maximum absolute atomic E-state index is 12.0. The lowest BCUT2D eigenvalue weighted by Gasteiger charge is -2.09. The Bertz CT molecular complexity index is 647. The molecule has 2 aromatic rings. The first-order valence-corrected chi connectivity index (χ1v) is 5.77. The molecule has 2 rings (SSSR count). The van der Waals surface area contributed by atoms with Crippen LogP contribution in [-0.2, 0) is 11.3 Å². The van der Waals surface area contributed by atoms with E-state index < -0.39 is 18.6 Å². The summed E-state index contributed by atoms with van der Waals surface area (Å²) >= 11 is 0. The number of carbonyl (C=O) groups excluding carboxylic acids is 2. The largest absolute Gasteiger partial charge is 0.405 e. The summed E-state index contributed by atoms with van der Waals surface area (Å²) in [5, 5.41) is 2.45. The molecule has 7 heteroatoms. The fraction of sp³-hybridized carbons (Fsp3) is 0.231. The number of rotatable bonds is 4. The summed E-state index contributed by atoms with van der Waals surface area (Å²) in [6.45, 7) is -1.64. The molecule has 106 valence electrons. The number of amides is 1. The lowest BCUT2D eigenvalue weighted by atomic mass is 10.2. The highest BCUT2D eigenvalue weighted by Crippen LogP contribution is 2.19. The number of alkyl halides is 3. The maximum atomic E-state index is 12.0. The molecule has 4 nitrogen and oxygen atoms in total. The molecule has 0 aliphatic heterocycles. The van der Waals surface area contributed by atoms with Gasteiger partial charge in [0.05, 0.1) is 0 Å². The zero-order chi connectivity index (χ0) is 14.8. The number of fused-ring (bicyclic) bond motifs is 1. The van der Waals surface area contributed by atoms with Crippen LogP contribution in [0, 0.1) is 0 Å². The smallest absolute Gasteiger partial charge is 0.345 e. The number of aromatic nitrogens is 1. The lowest BCUT2D eigenvalue weighted by Crippen LogP contribution is -2.35. The van der Waals surface area contributed by atoms with Gasteiger partial charge < -0.3 is 9.88 Å². The Kier molecular flexibility index (Phi) is 3.78. The molecule has 0 radical (unpaired) electrons. The van der Waals surface area contributed by atoms with E-state index in [2.05, 4.69) is 0 Å². The first-order valence-electron chi connectivity index (χ1n) is 5.77. The molecule has 0 saturated heterocycles. The monoisotopic (exact) mass is 284 g/mol.